The van der Waals surface area contributed by atoms with E-state index in [2.05, 4.69) is 0 Å². The van der Waals surface area contributed by atoms with Gasteiger partial charge in [-0.15, -0.1) is 0 Å². The summed E-state index contributed by atoms with van der Waals surface area (Å²) in [5.41, 5.74) is -1.63. The van der Waals surface area contributed by atoms with Gasteiger partial charge in [0, 0.05) is 5.57 Å². The summed E-state index contributed by atoms with van der Waals surface area (Å²) in [5, 5.41) is 18.7. The third-order valence-corrected chi connectivity index (χ3v) is 3.91. The predicted molar refractivity (Wildman–Crippen MR) is 84.4 cm³/mol. The van der Waals surface area contributed by atoms with Crippen molar-refractivity contribution in [1.29, 1.82) is 10.5 Å². The Hall–Kier alpha value is -3.38. The molecular weight excluding hydrogens is 308 g/mol. The van der Waals surface area contributed by atoms with Gasteiger partial charge in [0.15, 0.2) is 11.2 Å². The van der Waals surface area contributed by atoms with Crippen LogP contribution in [-0.4, -0.2) is 26.0 Å². The molecule has 24 heavy (non-hydrogen) atoms. The zero-order valence-electron chi connectivity index (χ0n) is 13.2. The van der Waals surface area contributed by atoms with Gasteiger partial charge in [-0.05, 0) is 30.2 Å². The van der Waals surface area contributed by atoms with Crippen LogP contribution in [0.3, 0.4) is 0 Å². The van der Waals surface area contributed by atoms with Gasteiger partial charge in [-0.3, -0.25) is 9.59 Å². The van der Waals surface area contributed by atoms with Crippen molar-refractivity contribution in [3.8, 4) is 17.9 Å². The highest BCUT2D eigenvalue weighted by Crippen LogP contribution is 2.46. The van der Waals surface area contributed by atoms with Crippen molar-refractivity contribution < 1.29 is 19.1 Å². The first-order valence-corrected chi connectivity index (χ1v) is 7.04. The molecule has 2 rings (SSSR count). The van der Waals surface area contributed by atoms with E-state index >= 15 is 0 Å². The molecule has 1 aromatic carbocycles. The molecule has 6 heteroatoms. The Bertz CT molecular complexity index is 823. The SMILES string of the molecule is COC(=O)C1(C(=C(C#N)C#N)c2cccc(OC)c2)CC=CC1=O. The molecule has 0 radical (unpaired) electrons. The average Bonchev–Trinajstić information content (AvgIpc) is 3.00. The van der Waals surface area contributed by atoms with Crippen molar-refractivity contribution in [2.45, 2.75) is 6.42 Å². The molecule has 0 saturated heterocycles. The van der Waals surface area contributed by atoms with E-state index in [1.165, 1.54) is 19.3 Å². The van der Waals surface area contributed by atoms with Crippen LogP contribution in [0.15, 0.2) is 42.0 Å². The zero-order valence-corrected chi connectivity index (χ0v) is 13.2. The van der Waals surface area contributed by atoms with Crippen LogP contribution in [0.1, 0.15) is 12.0 Å². The maximum absolute atomic E-state index is 12.5. The molecular formula is C18H14N2O4. The first-order valence-electron chi connectivity index (χ1n) is 7.04. The normalized spacial score (nSPS) is 18.4. The van der Waals surface area contributed by atoms with Crippen LogP contribution >= 0.6 is 0 Å². The first kappa shape index (κ1) is 17.0. The molecule has 1 atom stereocenters. The van der Waals surface area contributed by atoms with Crippen LogP contribution in [0.2, 0.25) is 0 Å². The Morgan fingerprint density at radius 1 is 1.25 bits per heavy atom. The number of methoxy groups -OCH3 is 2. The van der Waals surface area contributed by atoms with Crippen LogP contribution in [-0.2, 0) is 14.3 Å². The number of esters is 1. The minimum absolute atomic E-state index is 0.0257. The molecule has 120 valence electrons. The van der Waals surface area contributed by atoms with Crippen molar-refractivity contribution >= 4 is 17.3 Å². The fourth-order valence-electron chi connectivity index (χ4n) is 2.79. The third kappa shape index (κ3) is 2.55. The quantitative estimate of drug-likeness (QED) is 0.478. The Morgan fingerprint density at radius 2 is 1.96 bits per heavy atom. The van der Waals surface area contributed by atoms with E-state index in [9.17, 15) is 20.1 Å². The highest BCUT2D eigenvalue weighted by Gasteiger charge is 2.52. The molecule has 0 bridgehead atoms. The minimum atomic E-state index is -1.73. The van der Waals surface area contributed by atoms with Crippen molar-refractivity contribution in [3.05, 3.63) is 47.6 Å². The molecule has 0 amide bonds. The molecule has 1 aromatic rings. The lowest BCUT2D eigenvalue weighted by atomic mass is 9.72. The molecule has 0 spiro atoms. The van der Waals surface area contributed by atoms with Gasteiger partial charge >= 0.3 is 5.97 Å². The molecule has 0 fully saturated rings. The standard InChI is InChI=1S/C18H14N2O4/c1-23-14-6-3-5-12(9-14)16(13(10-19)11-20)18(17(22)24-2)8-4-7-15(18)21/h3-7,9H,8H2,1-2H3. The van der Waals surface area contributed by atoms with Crippen molar-refractivity contribution in [2.24, 2.45) is 5.41 Å². The van der Waals surface area contributed by atoms with Crippen LogP contribution in [0.25, 0.3) is 5.57 Å². The topological polar surface area (TPSA) is 100 Å². The van der Waals surface area contributed by atoms with E-state index in [1.807, 2.05) is 0 Å². The fourth-order valence-corrected chi connectivity index (χ4v) is 2.79. The van der Waals surface area contributed by atoms with Gasteiger partial charge < -0.3 is 9.47 Å². The lowest BCUT2D eigenvalue weighted by Gasteiger charge is -2.28. The summed E-state index contributed by atoms with van der Waals surface area (Å²) in [6, 6.07) is 10.1. The Morgan fingerprint density at radius 3 is 2.46 bits per heavy atom. The number of nitrogens with zero attached hydrogens (tertiary/aromatic N) is 2. The third-order valence-electron chi connectivity index (χ3n) is 3.91. The van der Waals surface area contributed by atoms with E-state index in [-0.39, 0.29) is 17.6 Å². The molecule has 6 nitrogen and oxygen atoms in total. The lowest BCUT2D eigenvalue weighted by Crippen LogP contribution is -2.38. The predicted octanol–water partition coefficient (Wildman–Crippen LogP) is 2.18. The van der Waals surface area contributed by atoms with Crippen LogP contribution < -0.4 is 4.74 Å². The Kier molecular flexibility index (Phi) is 4.81. The molecule has 0 saturated carbocycles. The second-order valence-electron chi connectivity index (χ2n) is 5.07. The van der Waals surface area contributed by atoms with Gasteiger partial charge in [-0.25, -0.2) is 0 Å². The van der Waals surface area contributed by atoms with Crippen molar-refractivity contribution in [3.63, 3.8) is 0 Å². The number of nitriles is 2. The summed E-state index contributed by atoms with van der Waals surface area (Å²) in [7, 11) is 2.63. The van der Waals surface area contributed by atoms with Gasteiger partial charge in [-0.1, -0.05) is 18.2 Å². The summed E-state index contributed by atoms with van der Waals surface area (Å²) in [6.45, 7) is 0. The summed E-state index contributed by atoms with van der Waals surface area (Å²) in [5.74, 6) is -0.854. The molecule has 1 aliphatic carbocycles. The summed E-state index contributed by atoms with van der Waals surface area (Å²) < 4.78 is 9.98. The molecule has 1 unspecified atom stereocenters. The number of ether oxygens (including phenoxy) is 2. The highest BCUT2D eigenvalue weighted by molar-refractivity contribution is 6.21. The second-order valence-corrected chi connectivity index (χ2v) is 5.07. The molecule has 0 aromatic heterocycles. The van der Waals surface area contributed by atoms with Gasteiger partial charge in [0.1, 0.15) is 23.5 Å². The lowest BCUT2D eigenvalue weighted by molar-refractivity contribution is -0.151. The monoisotopic (exact) mass is 322 g/mol. The summed E-state index contributed by atoms with van der Waals surface area (Å²) >= 11 is 0. The average molecular weight is 322 g/mol. The van der Waals surface area contributed by atoms with Crippen molar-refractivity contribution in [2.75, 3.05) is 14.2 Å². The number of hydrogen-bond acceptors (Lipinski definition) is 6. The van der Waals surface area contributed by atoms with Gasteiger partial charge in [0.2, 0.25) is 0 Å². The number of allylic oxidation sites excluding steroid dienone is 3. The fraction of sp³-hybridized carbons (Fsp3) is 0.222. The molecule has 0 heterocycles. The van der Waals surface area contributed by atoms with E-state index in [1.54, 1.807) is 36.4 Å². The molecule has 0 N–H and O–H groups in total. The molecule has 1 aliphatic rings. The highest BCUT2D eigenvalue weighted by atomic mass is 16.5. The smallest absolute Gasteiger partial charge is 0.324 e. The number of benzene rings is 1. The van der Waals surface area contributed by atoms with Crippen LogP contribution in [0.4, 0.5) is 0 Å². The van der Waals surface area contributed by atoms with E-state index in [4.69, 9.17) is 9.47 Å². The van der Waals surface area contributed by atoms with Crippen LogP contribution in [0.5, 0.6) is 5.75 Å². The minimum Gasteiger partial charge on any atom is -0.497 e. The summed E-state index contributed by atoms with van der Waals surface area (Å²) in [4.78, 5) is 25.0. The van der Waals surface area contributed by atoms with E-state index in [0.717, 1.165) is 7.11 Å². The van der Waals surface area contributed by atoms with Gasteiger partial charge in [-0.2, -0.15) is 10.5 Å². The number of carbonyl (C=O) groups is 2. The zero-order chi connectivity index (χ0) is 17.7. The van der Waals surface area contributed by atoms with E-state index in [0.29, 0.717) is 11.3 Å². The maximum atomic E-state index is 12.5. The second kappa shape index (κ2) is 6.80. The van der Waals surface area contributed by atoms with Crippen LogP contribution in [0, 0.1) is 28.1 Å². The Balaban J connectivity index is 2.84. The maximum Gasteiger partial charge on any atom is 0.324 e. The summed E-state index contributed by atoms with van der Waals surface area (Å²) in [6.07, 6.45) is 2.83. The van der Waals surface area contributed by atoms with Crippen molar-refractivity contribution in [1.82, 2.24) is 0 Å². The van der Waals surface area contributed by atoms with Gasteiger partial charge in [0.05, 0.1) is 14.2 Å². The first-order chi connectivity index (χ1) is 11.5. The number of ketones is 1. The van der Waals surface area contributed by atoms with Gasteiger partial charge in [0.25, 0.3) is 0 Å². The molecule has 0 aliphatic heterocycles. The largest absolute Gasteiger partial charge is 0.497 e. The number of rotatable bonds is 4. The Labute approximate surface area is 139 Å². The van der Waals surface area contributed by atoms with E-state index < -0.39 is 17.2 Å². The number of carbonyl (C=O) groups excluding carboxylic acids is 2. The number of hydrogen-bond donors (Lipinski definition) is 0.